The van der Waals surface area contributed by atoms with E-state index in [-0.39, 0.29) is 18.9 Å². The van der Waals surface area contributed by atoms with Crippen LogP contribution in [0.1, 0.15) is 27.5 Å². The molecule has 0 radical (unpaired) electrons. The summed E-state index contributed by atoms with van der Waals surface area (Å²) < 4.78 is 5.65. The lowest BCUT2D eigenvalue weighted by Gasteiger charge is -2.16. The van der Waals surface area contributed by atoms with Crippen molar-refractivity contribution in [3.8, 4) is 5.75 Å². The van der Waals surface area contributed by atoms with Gasteiger partial charge in [0.25, 0.3) is 5.91 Å². The first-order valence-corrected chi connectivity index (χ1v) is 7.95. The molecule has 1 aromatic heterocycles. The van der Waals surface area contributed by atoms with E-state index >= 15 is 0 Å². The Morgan fingerprint density at radius 2 is 2.17 bits per heavy atom. The van der Waals surface area contributed by atoms with Gasteiger partial charge in [0.15, 0.2) is 0 Å². The number of carboxylic acids is 1. The molecule has 0 unspecified atom stereocenters. The van der Waals surface area contributed by atoms with Crippen LogP contribution in [-0.2, 0) is 11.4 Å². The lowest BCUT2D eigenvalue weighted by Crippen LogP contribution is -2.29. The molecule has 7 heteroatoms. The number of hydrogen-bond acceptors (Lipinski definition) is 5. The molecule has 0 saturated heterocycles. The zero-order valence-corrected chi connectivity index (χ0v) is 13.8. The summed E-state index contributed by atoms with van der Waals surface area (Å²) in [5.41, 5.74) is 1.31. The van der Waals surface area contributed by atoms with Crippen LogP contribution < -0.4 is 4.74 Å². The van der Waals surface area contributed by atoms with Crippen molar-refractivity contribution in [3.05, 3.63) is 45.9 Å². The largest absolute Gasteiger partial charge is 0.487 e. The molecule has 1 aromatic carbocycles. The number of nitrogens with zero attached hydrogens (tertiary/aromatic N) is 2. The average molecular weight is 334 g/mol. The number of aromatic nitrogens is 1. The fraction of sp³-hybridized carbons (Fsp3) is 0.312. The van der Waals surface area contributed by atoms with Crippen molar-refractivity contribution in [3.63, 3.8) is 0 Å². The summed E-state index contributed by atoms with van der Waals surface area (Å²) in [6.07, 6.45) is -0.0817. The molecule has 0 aliphatic carbocycles. The van der Waals surface area contributed by atoms with E-state index in [0.29, 0.717) is 17.9 Å². The van der Waals surface area contributed by atoms with E-state index in [1.54, 1.807) is 42.6 Å². The van der Waals surface area contributed by atoms with E-state index in [1.165, 1.54) is 4.90 Å². The molecular formula is C16H18N2O4S. The predicted octanol–water partition coefficient (Wildman–Crippen LogP) is 2.58. The Morgan fingerprint density at radius 1 is 1.39 bits per heavy atom. The molecule has 0 aliphatic heterocycles. The number of aliphatic carboxylic acids is 1. The first kappa shape index (κ1) is 17.0. The molecule has 0 saturated carbocycles. The Morgan fingerprint density at radius 3 is 2.83 bits per heavy atom. The van der Waals surface area contributed by atoms with Gasteiger partial charge in [-0.1, -0.05) is 6.07 Å². The molecule has 2 rings (SSSR count). The van der Waals surface area contributed by atoms with E-state index < -0.39 is 5.97 Å². The second-order valence-electron chi connectivity index (χ2n) is 5.04. The highest BCUT2D eigenvalue weighted by Crippen LogP contribution is 2.17. The standard InChI is InChI=1S/C16H18N2O4S/c1-11-17-13(10-23-11)9-22-14-5-3-4-12(8-14)16(21)18(2)7-6-15(19)20/h3-5,8,10H,6-7,9H2,1-2H3,(H,19,20). The Hall–Kier alpha value is -2.41. The third-order valence-corrected chi connectivity index (χ3v) is 3.96. The van der Waals surface area contributed by atoms with Gasteiger partial charge in [-0.05, 0) is 25.1 Å². The Bertz CT molecular complexity index is 699. The topological polar surface area (TPSA) is 79.7 Å². The van der Waals surface area contributed by atoms with E-state index in [2.05, 4.69) is 4.98 Å². The predicted molar refractivity (Wildman–Crippen MR) is 86.8 cm³/mol. The van der Waals surface area contributed by atoms with Gasteiger partial charge in [0.1, 0.15) is 12.4 Å². The fourth-order valence-electron chi connectivity index (χ4n) is 1.94. The van der Waals surface area contributed by atoms with Gasteiger partial charge in [0, 0.05) is 24.5 Å². The number of carbonyl (C=O) groups is 2. The van der Waals surface area contributed by atoms with Gasteiger partial charge in [-0.2, -0.15) is 0 Å². The third kappa shape index (κ3) is 5.07. The van der Waals surface area contributed by atoms with Crippen LogP contribution in [-0.4, -0.2) is 40.5 Å². The zero-order chi connectivity index (χ0) is 16.8. The molecule has 0 spiro atoms. The van der Waals surface area contributed by atoms with Gasteiger partial charge in [0.2, 0.25) is 0 Å². The van der Waals surface area contributed by atoms with Crippen LogP contribution in [0.15, 0.2) is 29.6 Å². The number of hydrogen-bond donors (Lipinski definition) is 1. The molecule has 0 bridgehead atoms. The van der Waals surface area contributed by atoms with Gasteiger partial charge >= 0.3 is 5.97 Å². The van der Waals surface area contributed by atoms with E-state index in [0.717, 1.165) is 10.7 Å². The zero-order valence-electron chi connectivity index (χ0n) is 13.0. The first-order chi connectivity index (χ1) is 11.0. The number of benzene rings is 1. The van der Waals surface area contributed by atoms with Crippen LogP contribution in [0.2, 0.25) is 0 Å². The smallest absolute Gasteiger partial charge is 0.305 e. The van der Waals surface area contributed by atoms with E-state index in [4.69, 9.17) is 9.84 Å². The van der Waals surface area contributed by atoms with Crippen molar-refractivity contribution in [1.82, 2.24) is 9.88 Å². The molecule has 23 heavy (non-hydrogen) atoms. The normalized spacial score (nSPS) is 10.3. The molecule has 1 amide bonds. The van der Waals surface area contributed by atoms with Crippen LogP contribution in [0.25, 0.3) is 0 Å². The molecule has 6 nitrogen and oxygen atoms in total. The summed E-state index contributed by atoms with van der Waals surface area (Å²) in [7, 11) is 1.58. The van der Waals surface area contributed by atoms with E-state index in [9.17, 15) is 9.59 Å². The minimum Gasteiger partial charge on any atom is -0.487 e. The molecule has 0 fully saturated rings. The van der Waals surface area contributed by atoms with E-state index in [1.807, 2.05) is 12.3 Å². The number of carbonyl (C=O) groups excluding carboxylic acids is 1. The lowest BCUT2D eigenvalue weighted by molar-refractivity contribution is -0.137. The number of ether oxygens (including phenoxy) is 1. The van der Waals surface area contributed by atoms with Crippen molar-refractivity contribution >= 4 is 23.2 Å². The lowest BCUT2D eigenvalue weighted by atomic mass is 10.2. The molecule has 2 aromatic rings. The summed E-state index contributed by atoms with van der Waals surface area (Å²) in [6, 6.07) is 6.84. The molecule has 122 valence electrons. The monoisotopic (exact) mass is 334 g/mol. The van der Waals surface area contributed by atoms with Crippen LogP contribution in [0, 0.1) is 6.92 Å². The molecule has 1 N–H and O–H groups in total. The van der Waals surface area contributed by atoms with Gasteiger partial charge < -0.3 is 14.7 Å². The second-order valence-corrected chi connectivity index (χ2v) is 6.11. The van der Waals surface area contributed by atoms with Crippen molar-refractivity contribution < 1.29 is 19.4 Å². The number of amides is 1. The Balaban J connectivity index is 1.98. The van der Waals surface area contributed by atoms with Crippen molar-refractivity contribution in [1.29, 1.82) is 0 Å². The van der Waals surface area contributed by atoms with Gasteiger partial charge in [0.05, 0.1) is 17.1 Å². The minimum absolute atomic E-state index is 0.0817. The van der Waals surface area contributed by atoms with Crippen LogP contribution >= 0.6 is 11.3 Å². The third-order valence-electron chi connectivity index (χ3n) is 3.14. The summed E-state index contributed by atoms with van der Waals surface area (Å²) >= 11 is 1.56. The van der Waals surface area contributed by atoms with Crippen molar-refractivity contribution in [2.24, 2.45) is 0 Å². The quantitative estimate of drug-likeness (QED) is 0.842. The molecule has 1 heterocycles. The Kier molecular flexibility index (Phi) is 5.70. The fourth-order valence-corrected chi connectivity index (χ4v) is 2.53. The number of carboxylic acid groups (broad SMARTS) is 1. The second kappa shape index (κ2) is 7.73. The van der Waals surface area contributed by atoms with Crippen molar-refractivity contribution in [2.75, 3.05) is 13.6 Å². The summed E-state index contributed by atoms with van der Waals surface area (Å²) in [5.74, 6) is -0.588. The summed E-state index contributed by atoms with van der Waals surface area (Å²) in [4.78, 5) is 28.5. The number of rotatable bonds is 7. The first-order valence-electron chi connectivity index (χ1n) is 7.07. The highest BCUT2D eigenvalue weighted by atomic mass is 32.1. The van der Waals surface area contributed by atoms with Crippen molar-refractivity contribution in [2.45, 2.75) is 20.0 Å². The maximum atomic E-state index is 12.3. The SMILES string of the molecule is Cc1nc(COc2cccc(C(=O)N(C)CCC(=O)O)c2)cs1. The number of aryl methyl sites for hydroxylation is 1. The molecule has 0 atom stereocenters. The molecule has 0 aliphatic rings. The van der Waals surface area contributed by atoms with Crippen LogP contribution in [0.5, 0.6) is 5.75 Å². The highest BCUT2D eigenvalue weighted by molar-refractivity contribution is 7.09. The highest BCUT2D eigenvalue weighted by Gasteiger charge is 2.13. The maximum absolute atomic E-state index is 12.3. The molecular weight excluding hydrogens is 316 g/mol. The number of thiazole rings is 1. The van der Waals surface area contributed by atoms with Gasteiger partial charge in [-0.25, -0.2) is 4.98 Å². The minimum atomic E-state index is -0.930. The van der Waals surface area contributed by atoms with Gasteiger partial charge in [-0.15, -0.1) is 11.3 Å². The summed E-state index contributed by atoms with van der Waals surface area (Å²) in [6.45, 7) is 2.44. The van der Waals surface area contributed by atoms with Crippen LogP contribution in [0.4, 0.5) is 0 Å². The Labute approximate surface area is 138 Å². The van der Waals surface area contributed by atoms with Gasteiger partial charge in [-0.3, -0.25) is 9.59 Å². The maximum Gasteiger partial charge on any atom is 0.305 e. The average Bonchev–Trinajstić information content (AvgIpc) is 2.95. The van der Waals surface area contributed by atoms with Crippen LogP contribution in [0.3, 0.4) is 0 Å². The summed E-state index contributed by atoms with van der Waals surface area (Å²) in [5, 5.41) is 11.6.